The lowest BCUT2D eigenvalue weighted by Gasteiger charge is -2.15. The van der Waals surface area contributed by atoms with E-state index in [1.54, 1.807) is 17.5 Å². The number of carbonyl (C=O) groups excluding carboxylic acids is 1. The van der Waals surface area contributed by atoms with Gasteiger partial charge in [-0.05, 0) is 37.1 Å². The molecule has 0 aliphatic heterocycles. The molecule has 1 amide bonds. The van der Waals surface area contributed by atoms with E-state index in [0.717, 1.165) is 41.8 Å². The second-order valence-electron chi connectivity index (χ2n) is 4.96. The number of carbonyl (C=O) groups is 1. The van der Waals surface area contributed by atoms with E-state index in [1.807, 2.05) is 17.5 Å². The van der Waals surface area contributed by atoms with Gasteiger partial charge in [0.1, 0.15) is 5.56 Å². The fraction of sp³-hybridized carbons (Fsp3) is 0.333. The van der Waals surface area contributed by atoms with Gasteiger partial charge in [0.15, 0.2) is 5.43 Å². The summed E-state index contributed by atoms with van der Waals surface area (Å²) in [4.78, 5) is 28.6. The minimum Gasteiger partial charge on any atom is -0.364 e. The van der Waals surface area contributed by atoms with Crippen LogP contribution in [0.25, 0.3) is 0 Å². The van der Waals surface area contributed by atoms with Crippen LogP contribution in [-0.4, -0.2) is 10.9 Å². The molecule has 0 bridgehead atoms. The number of aromatic amines is 1. The quantitative estimate of drug-likeness (QED) is 0.910. The maximum absolute atomic E-state index is 12.3. The summed E-state index contributed by atoms with van der Waals surface area (Å²) in [5, 5.41) is 4.77. The summed E-state index contributed by atoms with van der Waals surface area (Å²) in [6.07, 6.45) is 5.36. The summed E-state index contributed by atoms with van der Waals surface area (Å²) >= 11 is 1.59. The Morgan fingerprint density at radius 2 is 2.20 bits per heavy atom. The highest BCUT2D eigenvalue weighted by Gasteiger charge is 2.18. The molecule has 0 saturated heterocycles. The molecule has 0 radical (unpaired) electrons. The molecule has 0 atom stereocenters. The van der Waals surface area contributed by atoms with Crippen molar-refractivity contribution >= 4 is 17.2 Å². The molecule has 3 rings (SSSR count). The van der Waals surface area contributed by atoms with Crippen molar-refractivity contribution in [1.82, 2.24) is 10.3 Å². The molecule has 2 heterocycles. The third-order valence-electron chi connectivity index (χ3n) is 3.63. The smallest absolute Gasteiger partial charge is 0.257 e. The molecule has 20 heavy (non-hydrogen) atoms. The Hall–Kier alpha value is -1.88. The normalized spacial score (nSPS) is 13.8. The third kappa shape index (κ3) is 2.54. The first-order valence-corrected chi connectivity index (χ1v) is 7.67. The minimum absolute atomic E-state index is 0.109. The van der Waals surface area contributed by atoms with Crippen LogP contribution in [0.4, 0.5) is 0 Å². The number of nitrogens with one attached hydrogen (secondary N) is 2. The zero-order chi connectivity index (χ0) is 13.9. The van der Waals surface area contributed by atoms with Crippen molar-refractivity contribution in [2.24, 2.45) is 0 Å². The van der Waals surface area contributed by atoms with Crippen LogP contribution >= 0.6 is 11.3 Å². The lowest BCUT2D eigenvalue weighted by molar-refractivity contribution is 0.0949. The first-order valence-electron chi connectivity index (χ1n) is 6.79. The van der Waals surface area contributed by atoms with Gasteiger partial charge >= 0.3 is 0 Å². The van der Waals surface area contributed by atoms with Crippen LogP contribution < -0.4 is 10.7 Å². The van der Waals surface area contributed by atoms with Gasteiger partial charge in [0, 0.05) is 22.3 Å². The molecule has 4 nitrogen and oxygen atoms in total. The summed E-state index contributed by atoms with van der Waals surface area (Å²) < 4.78 is 0. The van der Waals surface area contributed by atoms with E-state index >= 15 is 0 Å². The molecule has 0 fully saturated rings. The number of thiophene rings is 1. The highest BCUT2D eigenvalue weighted by molar-refractivity contribution is 7.09. The van der Waals surface area contributed by atoms with Crippen molar-refractivity contribution < 1.29 is 4.79 Å². The Morgan fingerprint density at radius 1 is 1.35 bits per heavy atom. The Balaban J connectivity index is 1.79. The van der Waals surface area contributed by atoms with Crippen LogP contribution in [0.3, 0.4) is 0 Å². The van der Waals surface area contributed by atoms with Crippen LogP contribution in [-0.2, 0) is 19.4 Å². The number of aromatic nitrogens is 1. The van der Waals surface area contributed by atoms with E-state index in [0.29, 0.717) is 6.54 Å². The number of rotatable bonds is 3. The van der Waals surface area contributed by atoms with E-state index < -0.39 is 0 Å². The maximum atomic E-state index is 12.3. The monoisotopic (exact) mass is 288 g/mol. The Morgan fingerprint density at radius 3 is 3.00 bits per heavy atom. The average molecular weight is 288 g/mol. The number of aryl methyl sites for hydroxylation is 1. The van der Waals surface area contributed by atoms with Gasteiger partial charge in [0.05, 0.1) is 6.54 Å². The van der Waals surface area contributed by atoms with Crippen LogP contribution in [0.15, 0.2) is 28.5 Å². The predicted octanol–water partition coefficient (Wildman–Crippen LogP) is 2.25. The van der Waals surface area contributed by atoms with Gasteiger partial charge in [-0.1, -0.05) is 6.07 Å². The molecule has 0 saturated carbocycles. The average Bonchev–Trinajstić information content (AvgIpc) is 2.99. The maximum Gasteiger partial charge on any atom is 0.257 e. The molecule has 104 valence electrons. The highest BCUT2D eigenvalue weighted by Crippen LogP contribution is 2.16. The van der Waals surface area contributed by atoms with Gasteiger partial charge in [-0.3, -0.25) is 9.59 Å². The number of hydrogen-bond donors (Lipinski definition) is 2. The number of pyridine rings is 1. The van der Waals surface area contributed by atoms with Crippen molar-refractivity contribution in [2.45, 2.75) is 32.2 Å². The largest absolute Gasteiger partial charge is 0.364 e. The topological polar surface area (TPSA) is 62.0 Å². The van der Waals surface area contributed by atoms with Crippen molar-refractivity contribution in [2.75, 3.05) is 0 Å². The van der Waals surface area contributed by atoms with E-state index in [9.17, 15) is 9.59 Å². The molecular weight excluding hydrogens is 272 g/mol. The second kappa shape index (κ2) is 5.63. The van der Waals surface area contributed by atoms with Crippen molar-refractivity contribution in [3.8, 4) is 0 Å². The number of amides is 1. The number of hydrogen-bond acceptors (Lipinski definition) is 3. The van der Waals surface area contributed by atoms with E-state index in [-0.39, 0.29) is 16.9 Å². The molecule has 0 unspecified atom stereocenters. The van der Waals surface area contributed by atoms with Crippen molar-refractivity contribution in [3.05, 3.63) is 55.6 Å². The zero-order valence-corrected chi connectivity index (χ0v) is 11.9. The molecule has 2 aromatic heterocycles. The standard InChI is InChI=1S/C15H16N2O2S/c18-14-11-5-1-2-6-13(11)16-9-12(14)15(19)17-8-10-4-3-7-20-10/h3-4,7,9H,1-2,5-6,8H2,(H,16,18)(H,17,19). The van der Waals surface area contributed by atoms with Gasteiger partial charge in [-0.15, -0.1) is 11.3 Å². The first kappa shape index (κ1) is 13.1. The van der Waals surface area contributed by atoms with Crippen molar-refractivity contribution in [3.63, 3.8) is 0 Å². The zero-order valence-electron chi connectivity index (χ0n) is 11.1. The van der Waals surface area contributed by atoms with Crippen LogP contribution in [0.2, 0.25) is 0 Å². The SMILES string of the molecule is O=C(NCc1cccs1)c1c[nH]c2c(c1=O)CCCC2. The van der Waals surface area contributed by atoms with Gasteiger partial charge in [0.25, 0.3) is 5.91 Å². The molecule has 1 aliphatic carbocycles. The Bertz CT molecular complexity index is 674. The Kier molecular flexibility index (Phi) is 3.69. The molecule has 1 aliphatic rings. The van der Waals surface area contributed by atoms with Gasteiger partial charge in [-0.25, -0.2) is 0 Å². The van der Waals surface area contributed by atoms with Gasteiger partial charge < -0.3 is 10.3 Å². The summed E-state index contributed by atoms with van der Waals surface area (Å²) in [5.41, 5.74) is 1.90. The van der Waals surface area contributed by atoms with Crippen LogP contribution in [0.5, 0.6) is 0 Å². The molecule has 0 aromatic carbocycles. The van der Waals surface area contributed by atoms with E-state index in [1.165, 1.54) is 0 Å². The minimum atomic E-state index is -0.298. The molecule has 2 aromatic rings. The van der Waals surface area contributed by atoms with Gasteiger partial charge in [-0.2, -0.15) is 0 Å². The lowest BCUT2D eigenvalue weighted by Crippen LogP contribution is -2.31. The summed E-state index contributed by atoms with van der Waals surface area (Å²) in [7, 11) is 0. The predicted molar refractivity (Wildman–Crippen MR) is 79.2 cm³/mol. The van der Waals surface area contributed by atoms with Crippen LogP contribution in [0, 0.1) is 0 Å². The number of fused-ring (bicyclic) bond motifs is 1. The molecule has 0 spiro atoms. The van der Waals surface area contributed by atoms with E-state index in [4.69, 9.17) is 0 Å². The summed E-state index contributed by atoms with van der Waals surface area (Å²) in [5.74, 6) is -0.298. The lowest BCUT2D eigenvalue weighted by atomic mass is 9.94. The fourth-order valence-corrected chi connectivity index (χ4v) is 3.19. The molecule has 5 heteroatoms. The van der Waals surface area contributed by atoms with E-state index in [2.05, 4.69) is 10.3 Å². The highest BCUT2D eigenvalue weighted by atomic mass is 32.1. The molecular formula is C15H16N2O2S. The second-order valence-corrected chi connectivity index (χ2v) is 5.99. The van der Waals surface area contributed by atoms with Crippen LogP contribution in [0.1, 0.15) is 39.3 Å². The summed E-state index contributed by atoms with van der Waals surface area (Å²) in [6.45, 7) is 0.465. The third-order valence-corrected chi connectivity index (χ3v) is 4.50. The summed E-state index contributed by atoms with van der Waals surface area (Å²) in [6, 6.07) is 3.90. The fourth-order valence-electron chi connectivity index (χ4n) is 2.55. The Labute approximate surface area is 120 Å². The van der Waals surface area contributed by atoms with Gasteiger partial charge in [0.2, 0.25) is 0 Å². The molecule has 2 N–H and O–H groups in total. The van der Waals surface area contributed by atoms with Crippen molar-refractivity contribution in [1.29, 1.82) is 0 Å². The number of H-pyrrole nitrogens is 1. The first-order chi connectivity index (χ1) is 9.75.